The Labute approximate surface area is 135 Å². The Bertz CT molecular complexity index is 664. The Hall–Kier alpha value is -2.40. The summed E-state index contributed by atoms with van der Waals surface area (Å²) in [5.41, 5.74) is 7.52. The standard InChI is InChI=1S/C18H21N3O2/c19-12-15-11-13(9-10-20-15)18(22)21-14-5-7-17(8-6-14)23-16-3-1-2-4-16/h5-11,16H,1-4,12,19H2,(H,21,22). The van der Waals surface area contributed by atoms with Crippen molar-refractivity contribution in [1.82, 2.24) is 4.98 Å². The van der Waals surface area contributed by atoms with Gasteiger partial charge in [-0.1, -0.05) is 0 Å². The number of benzene rings is 1. The summed E-state index contributed by atoms with van der Waals surface area (Å²) < 4.78 is 5.92. The topological polar surface area (TPSA) is 77.2 Å². The number of amides is 1. The van der Waals surface area contributed by atoms with Gasteiger partial charge in [0.1, 0.15) is 5.75 Å². The lowest BCUT2D eigenvalue weighted by Gasteiger charge is -2.13. The van der Waals surface area contributed by atoms with Gasteiger partial charge in [-0.15, -0.1) is 0 Å². The minimum absolute atomic E-state index is 0.174. The maximum absolute atomic E-state index is 12.2. The molecular formula is C18H21N3O2. The normalized spacial score (nSPS) is 14.7. The van der Waals surface area contributed by atoms with Crippen LogP contribution in [0.25, 0.3) is 0 Å². The van der Waals surface area contributed by atoms with E-state index in [1.807, 2.05) is 24.3 Å². The molecule has 1 aromatic heterocycles. The molecule has 0 bridgehead atoms. The highest BCUT2D eigenvalue weighted by Crippen LogP contribution is 2.25. The third-order valence-electron chi connectivity index (χ3n) is 4.01. The van der Waals surface area contributed by atoms with Gasteiger partial charge in [0.05, 0.1) is 11.8 Å². The monoisotopic (exact) mass is 311 g/mol. The Morgan fingerprint density at radius 2 is 1.96 bits per heavy atom. The first kappa shape index (κ1) is 15.5. The van der Waals surface area contributed by atoms with E-state index in [-0.39, 0.29) is 5.91 Å². The molecule has 0 radical (unpaired) electrons. The van der Waals surface area contributed by atoms with Gasteiger partial charge in [-0.25, -0.2) is 0 Å². The zero-order chi connectivity index (χ0) is 16.1. The van der Waals surface area contributed by atoms with Crippen LogP contribution < -0.4 is 15.8 Å². The number of aromatic nitrogens is 1. The predicted molar refractivity (Wildman–Crippen MR) is 89.4 cm³/mol. The van der Waals surface area contributed by atoms with E-state index in [0.717, 1.165) is 24.3 Å². The lowest BCUT2D eigenvalue weighted by atomic mass is 10.2. The molecule has 3 N–H and O–H groups in total. The van der Waals surface area contributed by atoms with Gasteiger partial charge < -0.3 is 15.8 Å². The fourth-order valence-electron chi connectivity index (χ4n) is 2.75. The van der Waals surface area contributed by atoms with Crippen LogP contribution in [0.1, 0.15) is 41.7 Å². The summed E-state index contributed by atoms with van der Waals surface area (Å²) in [6.45, 7) is 0.314. The van der Waals surface area contributed by atoms with Gasteiger partial charge in [0, 0.05) is 24.0 Å². The quantitative estimate of drug-likeness (QED) is 0.889. The summed E-state index contributed by atoms with van der Waals surface area (Å²) >= 11 is 0. The van der Waals surface area contributed by atoms with Crippen LogP contribution in [-0.2, 0) is 6.54 Å². The lowest BCUT2D eigenvalue weighted by molar-refractivity contribution is 0.102. The van der Waals surface area contributed by atoms with Crippen LogP contribution in [0.2, 0.25) is 0 Å². The number of hydrogen-bond acceptors (Lipinski definition) is 4. The molecule has 0 atom stereocenters. The second-order valence-corrected chi connectivity index (χ2v) is 5.74. The number of pyridine rings is 1. The highest BCUT2D eigenvalue weighted by molar-refractivity contribution is 6.04. The average molecular weight is 311 g/mol. The van der Waals surface area contributed by atoms with Gasteiger partial charge in [-0.2, -0.15) is 0 Å². The Morgan fingerprint density at radius 3 is 2.65 bits per heavy atom. The molecule has 3 rings (SSSR count). The van der Waals surface area contributed by atoms with Gasteiger partial charge in [0.2, 0.25) is 0 Å². The summed E-state index contributed by atoms with van der Waals surface area (Å²) in [7, 11) is 0. The van der Waals surface area contributed by atoms with Crippen molar-refractivity contribution in [3.05, 3.63) is 53.9 Å². The van der Waals surface area contributed by atoms with E-state index in [0.29, 0.717) is 23.9 Å². The second-order valence-electron chi connectivity index (χ2n) is 5.74. The van der Waals surface area contributed by atoms with Gasteiger partial charge in [-0.3, -0.25) is 9.78 Å². The van der Waals surface area contributed by atoms with E-state index in [4.69, 9.17) is 10.5 Å². The van der Waals surface area contributed by atoms with Gasteiger partial charge in [-0.05, 0) is 62.1 Å². The molecule has 2 aromatic rings. The fraction of sp³-hybridized carbons (Fsp3) is 0.333. The van der Waals surface area contributed by atoms with Gasteiger partial charge >= 0.3 is 0 Å². The number of anilines is 1. The van der Waals surface area contributed by atoms with E-state index >= 15 is 0 Å². The molecule has 1 aliphatic carbocycles. The van der Waals surface area contributed by atoms with E-state index in [9.17, 15) is 4.79 Å². The molecule has 1 aliphatic rings. The van der Waals surface area contributed by atoms with Crippen molar-refractivity contribution in [3.63, 3.8) is 0 Å². The van der Waals surface area contributed by atoms with Crippen molar-refractivity contribution in [3.8, 4) is 5.75 Å². The Kier molecular flexibility index (Phi) is 4.88. The van der Waals surface area contributed by atoms with Crippen molar-refractivity contribution in [2.75, 3.05) is 5.32 Å². The molecule has 120 valence electrons. The summed E-state index contributed by atoms with van der Waals surface area (Å²) in [4.78, 5) is 16.3. The smallest absolute Gasteiger partial charge is 0.255 e. The van der Waals surface area contributed by atoms with Crippen LogP contribution in [0.3, 0.4) is 0 Å². The molecule has 0 aliphatic heterocycles. The zero-order valence-corrected chi connectivity index (χ0v) is 13.0. The van der Waals surface area contributed by atoms with Crippen molar-refractivity contribution in [2.24, 2.45) is 5.73 Å². The molecule has 1 aromatic carbocycles. The number of ether oxygens (including phenoxy) is 1. The van der Waals surface area contributed by atoms with Crippen LogP contribution in [-0.4, -0.2) is 17.0 Å². The SMILES string of the molecule is NCc1cc(C(=O)Nc2ccc(OC3CCCC3)cc2)ccn1. The highest BCUT2D eigenvalue weighted by Gasteiger charge is 2.16. The first-order valence-electron chi connectivity index (χ1n) is 7.97. The molecule has 0 saturated heterocycles. The third kappa shape index (κ3) is 4.07. The zero-order valence-electron chi connectivity index (χ0n) is 13.0. The summed E-state index contributed by atoms with van der Waals surface area (Å²) in [6, 6.07) is 10.9. The van der Waals surface area contributed by atoms with Crippen molar-refractivity contribution in [2.45, 2.75) is 38.3 Å². The summed E-state index contributed by atoms with van der Waals surface area (Å²) in [5, 5.41) is 2.87. The molecule has 5 nitrogen and oxygen atoms in total. The van der Waals surface area contributed by atoms with Crippen LogP contribution in [0.5, 0.6) is 5.75 Å². The van der Waals surface area contributed by atoms with Crippen LogP contribution in [0, 0.1) is 0 Å². The van der Waals surface area contributed by atoms with Crippen molar-refractivity contribution in [1.29, 1.82) is 0 Å². The highest BCUT2D eigenvalue weighted by atomic mass is 16.5. The van der Waals surface area contributed by atoms with Gasteiger partial charge in [0.15, 0.2) is 0 Å². The molecule has 1 fully saturated rings. The molecule has 1 saturated carbocycles. The first-order chi connectivity index (χ1) is 11.2. The second kappa shape index (κ2) is 7.24. The molecule has 1 heterocycles. The molecular weight excluding hydrogens is 290 g/mol. The molecule has 0 spiro atoms. The fourth-order valence-corrected chi connectivity index (χ4v) is 2.75. The average Bonchev–Trinajstić information content (AvgIpc) is 3.09. The number of hydrogen-bond donors (Lipinski definition) is 2. The maximum Gasteiger partial charge on any atom is 0.255 e. The van der Waals surface area contributed by atoms with Crippen LogP contribution in [0.4, 0.5) is 5.69 Å². The van der Waals surface area contributed by atoms with Gasteiger partial charge in [0.25, 0.3) is 5.91 Å². The number of nitrogens with one attached hydrogen (secondary N) is 1. The number of carbonyl (C=O) groups is 1. The number of nitrogens with zero attached hydrogens (tertiary/aromatic N) is 1. The minimum Gasteiger partial charge on any atom is -0.490 e. The van der Waals surface area contributed by atoms with Crippen LogP contribution >= 0.6 is 0 Å². The summed E-state index contributed by atoms with van der Waals surface area (Å²) in [5.74, 6) is 0.677. The van der Waals surface area contributed by atoms with E-state index < -0.39 is 0 Å². The van der Waals surface area contributed by atoms with E-state index in [1.165, 1.54) is 12.8 Å². The lowest BCUT2D eigenvalue weighted by Crippen LogP contribution is -2.13. The molecule has 23 heavy (non-hydrogen) atoms. The van der Waals surface area contributed by atoms with Crippen molar-refractivity contribution >= 4 is 11.6 Å². The molecule has 0 unspecified atom stereocenters. The Morgan fingerprint density at radius 1 is 1.22 bits per heavy atom. The maximum atomic E-state index is 12.2. The predicted octanol–water partition coefficient (Wildman–Crippen LogP) is 3.11. The number of carbonyl (C=O) groups excluding carboxylic acids is 1. The van der Waals surface area contributed by atoms with Crippen molar-refractivity contribution < 1.29 is 9.53 Å². The summed E-state index contributed by atoms with van der Waals surface area (Å²) in [6.07, 6.45) is 6.68. The first-order valence-corrected chi connectivity index (χ1v) is 7.97. The largest absolute Gasteiger partial charge is 0.490 e. The minimum atomic E-state index is -0.174. The van der Waals surface area contributed by atoms with E-state index in [1.54, 1.807) is 18.3 Å². The van der Waals surface area contributed by atoms with Crippen LogP contribution in [0.15, 0.2) is 42.6 Å². The van der Waals surface area contributed by atoms with E-state index in [2.05, 4.69) is 10.3 Å². The molecule has 5 heteroatoms. The number of nitrogens with two attached hydrogens (primary N) is 1. The number of rotatable bonds is 5. The molecule has 1 amide bonds. The Balaban J connectivity index is 1.61. The third-order valence-corrected chi connectivity index (χ3v) is 4.01.